The number of allylic oxidation sites excluding steroid dienone is 2. The van der Waals surface area contributed by atoms with Gasteiger partial charge in [0.15, 0.2) is 0 Å². The molecule has 2 aromatic rings. The highest BCUT2D eigenvalue weighted by atomic mass is 19.4. The van der Waals surface area contributed by atoms with Crippen molar-refractivity contribution in [2.45, 2.75) is 78.4 Å². The van der Waals surface area contributed by atoms with Crippen LogP contribution < -0.4 is 5.32 Å². The first-order valence-electron chi connectivity index (χ1n) is 14.5. The lowest BCUT2D eigenvalue weighted by molar-refractivity contribution is -0.138. The van der Waals surface area contributed by atoms with Gasteiger partial charge in [-0.15, -0.1) is 0 Å². The van der Waals surface area contributed by atoms with Crippen LogP contribution in [0.4, 0.5) is 13.2 Å². The van der Waals surface area contributed by atoms with Gasteiger partial charge in [-0.1, -0.05) is 19.4 Å². The fourth-order valence-electron chi connectivity index (χ4n) is 9.40. The number of piperidine rings is 1. The molecule has 4 aliphatic rings. The quantitative estimate of drug-likeness (QED) is 0.489. The van der Waals surface area contributed by atoms with E-state index in [2.05, 4.69) is 31.1 Å². The van der Waals surface area contributed by atoms with Crippen molar-refractivity contribution < 1.29 is 22.8 Å². The van der Waals surface area contributed by atoms with Crippen LogP contribution in [-0.4, -0.2) is 33.3 Å². The van der Waals surface area contributed by atoms with Gasteiger partial charge in [0, 0.05) is 37.5 Å². The lowest BCUT2D eigenvalue weighted by atomic mass is 9.48. The molecule has 6 rings (SSSR count). The molecule has 3 aliphatic carbocycles. The highest BCUT2D eigenvalue weighted by Gasteiger charge is 2.61. The van der Waals surface area contributed by atoms with E-state index in [1.807, 2.05) is 11.9 Å². The van der Waals surface area contributed by atoms with Crippen LogP contribution in [-0.2, 0) is 29.4 Å². The van der Waals surface area contributed by atoms with Gasteiger partial charge in [0.05, 0.1) is 23.1 Å². The number of hydrogen-bond acceptors (Lipinski definition) is 3. The van der Waals surface area contributed by atoms with Gasteiger partial charge >= 0.3 is 6.18 Å². The maximum absolute atomic E-state index is 13.6. The Kier molecular flexibility index (Phi) is 6.21. The van der Waals surface area contributed by atoms with Gasteiger partial charge in [-0.2, -0.15) is 13.2 Å². The lowest BCUT2D eigenvalue weighted by Crippen LogP contribution is -2.55. The van der Waals surface area contributed by atoms with Crippen LogP contribution in [0.15, 0.2) is 29.5 Å². The first kappa shape index (κ1) is 27.3. The number of imidazole rings is 1. The number of benzene rings is 1. The number of amides is 2. The zero-order valence-corrected chi connectivity index (χ0v) is 24.0. The largest absolute Gasteiger partial charge is 0.416 e. The topological polar surface area (TPSA) is 67.2 Å². The molecule has 1 aromatic heterocycles. The van der Waals surface area contributed by atoms with E-state index >= 15 is 0 Å². The molecule has 1 saturated heterocycles. The van der Waals surface area contributed by atoms with E-state index in [4.69, 9.17) is 0 Å². The summed E-state index contributed by atoms with van der Waals surface area (Å²) in [7, 11) is 3.62. The predicted molar refractivity (Wildman–Crippen MR) is 146 cm³/mol. The van der Waals surface area contributed by atoms with Gasteiger partial charge in [0.1, 0.15) is 5.82 Å². The summed E-state index contributed by atoms with van der Waals surface area (Å²) in [5.41, 5.74) is 2.65. The standard InChI is InChI=1S/C31H39F3N4O2/c1-17-14-19-20-7-8-22(29(20,2)12-10-21(19)30(3)13-11-26(39)38(5)27(17)30)28(40)35-16-25-36-23-9-6-18(31(32,33)34)15-24(23)37(25)4/h6,9,15,19-22H,7-8,10-14,16H2,1-5H3,(H,35,40)/t19-,20-,21-,22+,29-,30+/m0/s1. The normalized spacial score (nSPS) is 34.1. The number of aromatic nitrogens is 2. The van der Waals surface area contributed by atoms with Crippen LogP contribution in [0.25, 0.3) is 11.0 Å². The maximum Gasteiger partial charge on any atom is 0.416 e. The zero-order valence-electron chi connectivity index (χ0n) is 24.0. The molecule has 1 aromatic carbocycles. The summed E-state index contributed by atoms with van der Waals surface area (Å²) in [6, 6.07) is 3.54. The van der Waals surface area contributed by atoms with Crippen molar-refractivity contribution in [2.75, 3.05) is 7.05 Å². The molecule has 0 bridgehead atoms. The number of hydrogen-bond donors (Lipinski definition) is 1. The average molecular weight is 557 g/mol. The van der Waals surface area contributed by atoms with Crippen molar-refractivity contribution in [1.29, 1.82) is 0 Å². The molecule has 2 heterocycles. The van der Waals surface area contributed by atoms with E-state index in [0.717, 1.165) is 50.7 Å². The van der Waals surface area contributed by atoms with Crippen LogP contribution >= 0.6 is 0 Å². The molecule has 40 heavy (non-hydrogen) atoms. The van der Waals surface area contributed by atoms with E-state index in [0.29, 0.717) is 41.0 Å². The fourth-order valence-corrected chi connectivity index (χ4v) is 9.40. The number of halogens is 3. The Labute approximate surface area is 233 Å². The third kappa shape index (κ3) is 3.93. The third-order valence-electron chi connectivity index (χ3n) is 11.3. The van der Waals surface area contributed by atoms with E-state index in [1.165, 1.54) is 17.3 Å². The van der Waals surface area contributed by atoms with Crippen LogP contribution in [0, 0.1) is 34.5 Å². The first-order chi connectivity index (χ1) is 18.8. The van der Waals surface area contributed by atoms with Gasteiger partial charge in [0.2, 0.25) is 11.8 Å². The molecule has 1 N–H and O–H groups in total. The summed E-state index contributed by atoms with van der Waals surface area (Å²) in [4.78, 5) is 32.6. The second kappa shape index (κ2) is 9.08. The van der Waals surface area contributed by atoms with Crippen LogP contribution in [0.1, 0.15) is 77.1 Å². The van der Waals surface area contributed by atoms with Crippen molar-refractivity contribution in [3.8, 4) is 0 Å². The summed E-state index contributed by atoms with van der Waals surface area (Å²) >= 11 is 0. The number of alkyl halides is 3. The number of rotatable bonds is 3. The number of nitrogens with one attached hydrogen (secondary N) is 1. The molecule has 0 unspecified atom stereocenters. The Morgan fingerprint density at radius 2 is 1.88 bits per heavy atom. The highest BCUT2D eigenvalue weighted by Crippen LogP contribution is 2.66. The van der Waals surface area contributed by atoms with E-state index in [9.17, 15) is 22.8 Å². The molecule has 0 spiro atoms. The van der Waals surface area contributed by atoms with Crippen molar-refractivity contribution in [1.82, 2.24) is 19.8 Å². The minimum Gasteiger partial charge on any atom is -0.349 e. The van der Waals surface area contributed by atoms with Gasteiger partial charge in [-0.3, -0.25) is 9.59 Å². The molecule has 0 radical (unpaired) electrons. The summed E-state index contributed by atoms with van der Waals surface area (Å²) in [6.07, 6.45) is 1.98. The molecular formula is C31H39F3N4O2. The summed E-state index contributed by atoms with van der Waals surface area (Å²) < 4.78 is 41.3. The summed E-state index contributed by atoms with van der Waals surface area (Å²) in [5, 5.41) is 3.09. The monoisotopic (exact) mass is 556 g/mol. The molecular weight excluding hydrogens is 517 g/mol. The maximum atomic E-state index is 13.6. The number of carbonyl (C=O) groups excluding carboxylic acids is 2. The molecule has 9 heteroatoms. The molecule has 2 amide bonds. The van der Waals surface area contributed by atoms with Crippen LogP contribution in [0.5, 0.6) is 0 Å². The second-order valence-corrected chi connectivity index (χ2v) is 13.3. The van der Waals surface area contributed by atoms with Gasteiger partial charge < -0.3 is 14.8 Å². The third-order valence-corrected chi connectivity index (χ3v) is 11.3. The minimum atomic E-state index is -4.42. The fraction of sp³-hybridized carbons (Fsp3) is 0.645. The predicted octanol–water partition coefficient (Wildman–Crippen LogP) is 6.20. The second-order valence-electron chi connectivity index (χ2n) is 13.3. The number of likely N-dealkylation sites (tertiary alicyclic amines) is 1. The Morgan fingerprint density at radius 3 is 2.60 bits per heavy atom. The number of carbonyl (C=O) groups is 2. The van der Waals surface area contributed by atoms with E-state index < -0.39 is 11.7 Å². The summed E-state index contributed by atoms with van der Waals surface area (Å²) in [6.45, 7) is 7.03. The Hall–Kier alpha value is -2.84. The molecule has 2 saturated carbocycles. The number of fused-ring (bicyclic) bond motifs is 6. The molecule has 3 fully saturated rings. The average Bonchev–Trinajstić information content (AvgIpc) is 3.41. The molecule has 1 aliphatic heterocycles. The lowest BCUT2D eigenvalue weighted by Gasteiger charge is -2.59. The first-order valence-corrected chi connectivity index (χ1v) is 14.5. The molecule has 6 atom stereocenters. The Bertz CT molecular complexity index is 1430. The SMILES string of the molecule is CC1=C2N(C)C(=O)CC[C@]2(C)[C@H]2CC[C@]3(C)[C@@H](C(=O)NCc4nc5ccc(C(F)(F)F)cc5n4C)CC[C@H]3[C@@H]2C1. The van der Waals surface area contributed by atoms with Gasteiger partial charge in [-0.25, -0.2) is 4.98 Å². The Balaban J connectivity index is 1.20. The highest BCUT2D eigenvalue weighted by molar-refractivity contribution is 5.81. The van der Waals surface area contributed by atoms with Crippen LogP contribution in [0.3, 0.4) is 0 Å². The van der Waals surface area contributed by atoms with E-state index in [1.54, 1.807) is 11.6 Å². The molecule has 216 valence electrons. The smallest absolute Gasteiger partial charge is 0.349 e. The molecule has 6 nitrogen and oxygen atoms in total. The minimum absolute atomic E-state index is 0.00350. The van der Waals surface area contributed by atoms with Crippen molar-refractivity contribution in [3.63, 3.8) is 0 Å². The van der Waals surface area contributed by atoms with Crippen molar-refractivity contribution in [2.24, 2.45) is 41.5 Å². The van der Waals surface area contributed by atoms with Crippen molar-refractivity contribution >= 4 is 22.8 Å². The Morgan fingerprint density at radius 1 is 1.12 bits per heavy atom. The summed E-state index contributed by atoms with van der Waals surface area (Å²) in [5.74, 6) is 2.15. The zero-order chi connectivity index (χ0) is 28.8. The van der Waals surface area contributed by atoms with E-state index in [-0.39, 0.29) is 35.1 Å². The number of nitrogens with zero attached hydrogens (tertiary/aromatic N) is 3. The number of aryl methyl sites for hydroxylation is 1. The van der Waals surface area contributed by atoms with Gasteiger partial charge in [-0.05, 0) is 86.8 Å². The van der Waals surface area contributed by atoms with Gasteiger partial charge in [0.25, 0.3) is 0 Å². The van der Waals surface area contributed by atoms with Crippen LogP contribution in [0.2, 0.25) is 0 Å². The van der Waals surface area contributed by atoms with Crippen molar-refractivity contribution in [3.05, 3.63) is 40.9 Å².